The van der Waals surface area contributed by atoms with Crippen LogP contribution < -0.4 is 5.32 Å². The van der Waals surface area contributed by atoms with Crippen molar-refractivity contribution in [3.05, 3.63) is 42.2 Å². The molecule has 2 heterocycles. The summed E-state index contributed by atoms with van der Waals surface area (Å²) in [7, 11) is 0. The molecule has 3 rings (SSSR count). The third-order valence-corrected chi connectivity index (χ3v) is 3.78. The van der Waals surface area contributed by atoms with Crippen molar-refractivity contribution in [1.29, 1.82) is 0 Å². The second-order valence-corrected chi connectivity index (χ2v) is 5.21. The Hall–Kier alpha value is -1.78. The fourth-order valence-corrected chi connectivity index (χ4v) is 2.71. The molecule has 1 aromatic carbocycles. The van der Waals surface area contributed by atoms with E-state index in [9.17, 15) is 4.79 Å². The summed E-state index contributed by atoms with van der Waals surface area (Å²) in [6.07, 6.45) is 4.66. The van der Waals surface area contributed by atoms with E-state index in [1.54, 1.807) is 6.20 Å². The number of rotatable bonds is 3. The number of pyridine rings is 1. The average Bonchev–Trinajstić information content (AvgIpc) is 2.75. The van der Waals surface area contributed by atoms with Gasteiger partial charge in [0.05, 0.1) is 6.54 Å². The zero-order valence-electron chi connectivity index (χ0n) is 11.5. The molecular weight excluding hydrogens is 250 g/mol. The largest absolute Gasteiger partial charge is 0.315 e. The molecule has 0 unspecified atom stereocenters. The van der Waals surface area contributed by atoms with Crippen LogP contribution >= 0.6 is 0 Å². The van der Waals surface area contributed by atoms with Gasteiger partial charge in [0.15, 0.2) is 5.78 Å². The fourth-order valence-electron chi connectivity index (χ4n) is 2.71. The van der Waals surface area contributed by atoms with Crippen molar-refractivity contribution in [3.8, 4) is 0 Å². The molecule has 0 saturated carbocycles. The van der Waals surface area contributed by atoms with Crippen LogP contribution in [0.5, 0.6) is 0 Å². The zero-order valence-corrected chi connectivity index (χ0v) is 11.5. The standard InChI is InChI=1S/C16H19N3O/c20-16(12-19-9-2-6-17-8-10-19)15-4-1-3-13-11-18-7-5-14(13)15/h1,3-5,7,11,17H,2,6,8-10,12H2. The SMILES string of the molecule is O=C(CN1CCCNCC1)c1cccc2cnccc12. The Labute approximate surface area is 118 Å². The summed E-state index contributed by atoms with van der Waals surface area (Å²) in [5, 5.41) is 5.38. The van der Waals surface area contributed by atoms with Gasteiger partial charge in [0.1, 0.15) is 0 Å². The number of nitrogens with one attached hydrogen (secondary N) is 1. The smallest absolute Gasteiger partial charge is 0.177 e. The molecule has 0 aliphatic carbocycles. The third-order valence-electron chi connectivity index (χ3n) is 3.78. The fraction of sp³-hybridized carbons (Fsp3) is 0.375. The molecule has 1 aliphatic heterocycles. The highest BCUT2D eigenvalue weighted by atomic mass is 16.1. The second kappa shape index (κ2) is 6.11. The van der Waals surface area contributed by atoms with Crippen molar-refractivity contribution in [2.24, 2.45) is 0 Å². The maximum atomic E-state index is 12.6. The molecule has 0 spiro atoms. The zero-order chi connectivity index (χ0) is 13.8. The van der Waals surface area contributed by atoms with Gasteiger partial charge in [0.2, 0.25) is 0 Å². The van der Waals surface area contributed by atoms with Crippen LogP contribution in [0.1, 0.15) is 16.8 Å². The van der Waals surface area contributed by atoms with E-state index in [2.05, 4.69) is 15.2 Å². The van der Waals surface area contributed by atoms with E-state index < -0.39 is 0 Å². The molecule has 1 N–H and O–H groups in total. The van der Waals surface area contributed by atoms with E-state index in [0.29, 0.717) is 6.54 Å². The number of aromatic nitrogens is 1. The quantitative estimate of drug-likeness (QED) is 0.862. The van der Waals surface area contributed by atoms with Crippen molar-refractivity contribution < 1.29 is 4.79 Å². The maximum absolute atomic E-state index is 12.6. The minimum atomic E-state index is 0.198. The lowest BCUT2D eigenvalue weighted by Crippen LogP contribution is -2.33. The molecule has 104 valence electrons. The van der Waals surface area contributed by atoms with E-state index in [1.165, 1.54) is 0 Å². The number of fused-ring (bicyclic) bond motifs is 1. The van der Waals surface area contributed by atoms with Gasteiger partial charge >= 0.3 is 0 Å². The van der Waals surface area contributed by atoms with Crippen molar-refractivity contribution in [2.45, 2.75) is 6.42 Å². The molecule has 1 aromatic heterocycles. The summed E-state index contributed by atoms with van der Waals surface area (Å²) in [4.78, 5) is 18.9. The lowest BCUT2D eigenvalue weighted by Gasteiger charge is -2.18. The van der Waals surface area contributed by atoms with Crippen molar-refractivity contribution in [2.75, 3.05) is 32.7 Å². The van der Waals surface area contributed by atoms with Crippen LogP contribution in [-0.4, -0.2) is 48.4 Å². The van der Waals surface area contributed by atoms with E-state index >= 15 is 0 Å². The first-order valence-corrected chi connectivity index (χ1v) is 7.13. The minimum Gasteiger partial charge on any atom is -0.315 e. The van der Waals surface area contributed by atoms with Gasteiger partial charge in [-0.2, -0.15) is 0 Å². The summed E-state index contributed by atoms with van der Waals surface area (Å²) in [5.41, 5.74) is 0.808. The molecule has 20 heavy (non-hydrogen) atoms. The van der Waals surface area contributed by atoms with Crippen molar-refractivity contribution in [1.82, 2.24) is 15.2 Å². The van der Waals surface area contributed by atoms with E-state index in [-0.39, 0.29) is 5.78 Å². The molecule has 1 fully saturated rings. The Morgan fingerprint density at radius 1 is 1.25 bits per heavy atom. The summed E-state index contributed by atoms with van der Waals surface area (Å²) in [6.45, 7) is 4.45. The average molecular weight is 269 g/mol. The summed E-state index contributed by atoms with van der Waals surface area (Å²) < 4.78 is 0. The first kappa shape index (κ1) is 13.2. The number of nitrogens with zero attached hydrogens (tertiary/aromatic N) is 2. The summed E-state index contributed by atoms with van der Waals surface area (Å²) >= 11 is 0. The van der Waals surface area contributed by atoms with Gasteiger partial charge in [-0.3, -0.25) is 14.7 Å². The number of benzene rings is 1. The molecule has 4 nitrogen and oxygen atoms in total. The lowest BCUT2D eigenvalue weighted by molar-refractivity contribution is 0.0936. The van der Waals surface area contributed by atoms with Crippen molar-refractivity contribution in [3.63, 3.8) is 0 Å². The highest BCUT2D eigenvalue weighted by Gasteiger charge is 2.15. The third kappa shape index (κ3) is 2.86. The highest BCUT2D eigenvalue weighted by molar-refractivity contribution is 6.08. The number of hydrogen-bond donors (Lipinski definition) is 1. The Morgan fingerprint density at radius 2 is 2.20 bits per heavy atom. The lowest BCUT2D eigenvalue weighted by atomic mass is 10.0. The van der Waals surface area contributed by atoms with Crippen LogP contribution in [0.2, 0.25) is 0 Å². The summed E-state index contributed by atoms with van der Waals surface area (Å²) in [6, 6.07) is 7.77. The van der Waals surface area contributed by atoms with Gasteiger partial charge in [-0.25, -0.2) is 0 Å². The topological polar surface area (TPSA) is 45.2 Å². The van der Waals surface area contributed by atoms with Crippen LogP contribution in [0.3, 0.4) is 0 Å². The van der Waals surface area contributed by atoms with Crippen LogP contribution in [-0.2, 0) is 0 Å². The van der Waals surface area contributed by atoms with Gasteiger partial charge < -0.3 is 5.32 Å². The molecule has 1 saturated heterocycles. The Kier molecular flexibility index (Phi) is 4.04. The molecule has 0 bridgehead atoms. The molecule has 0 amide bonds. The number of hydrogen-bond acceptors (Lipinski definition) is 4. The van der Waals surface area contributed by atoms with Gasteiger partial charge in [0.25, 0.3) is 0 Å². The van der Waals surface area contributed by atoms with Crippen LogP contribution in [0, 0.1) is 0 Å². The van der Waals surface area contributed by atoms with Gasteiger partial charge in [0, 0.05) is 36.4 Å². The highest BCUT2D eigenvalue weighted by Crippen LogP contribution is 2.18. The molecule has 2 aromatic rings. The molecule has 0 atom stereocenters. The number of Topliss-reactive ketones (excluding diaryl/α,β-unsaturated/α-hetero) is 1. The van der Waals surface area contributed by atoms with Crippen LogP contribution in [0.15, 0.2) is 36.7 Å². The molecule has 1 aliphatic rings. The van der Waals surface area contributed by atoms with Crippen LogP contribution in [0.25, 0.3) is 10.8 Å². The van der Waals surface area contributed by atoms with Crippen molar-refractivity contribution >= 4 is 16.6 Å². The van der Waals surface area contributed by atoms with Crippen LogP contribution in [0.4, 0.5) is 0 Å². The first-order chi connectivity index (χ1) is 9.84. The predicted molar refractivity (Wildman–Crippen MR) is 80.0 cm³/mol. The first-order valence-electron chi connectivity index (χ1n) is 7.13. The second-order valence-electron chi connectivity index (χ2n) is 5.21. The summed E-state index contributed by atoms with van der Waals surface area (Å²) in [5.74, 6) is 0.198. The normalized spacial score (nSPS) is 17.0. The minimum absolute atomic E-state index is 0.198. The molecule has 4 heteroatoms. The monoisotopic (exact) mass is 269 g/mol. The number of carbonyl (C=O) groups excluding carboxylic acids is 1. The Morgan fingerprint density at radius 3 is 3.15 bits per heavy atom. The number of carbonyl (C=O) groups is 1. The van der Waals surface area contributed by atoms with E-state index in [1.807, 2.05) is 30.5 Å². The maximum Gasteiger partial charge on any atom is 0.177 e. The van der Waals surface area contributed by atoms with E-state index in [4.69, 9.17) is 0 Å². The van der Waals surface area contributed by atoms with Gasteiger partial charge in [-0.15, -0.1) is 0 Å². The molecular formula is C16H19N3O. The Bertz CT molecular complexity index is 598. The predicted octanol–water partition coefficient (Wildman–Crippen LogP) is 1.71. The van der Waals surface area contributed by atoms with Gasteiger partial charge in [-0.05, 0) is 31.0 Å². The Balaban J connectivity index is 1.81. The van der Waals surface area contributed by atoms with E-state index in [0.717, 1.165) is 48.9 Å². The number of ketones is 1. The van der Waals surface area contributed by atoms with Gasteiger partial charge in [-0.1, -0.05) is 18.2 Å². The molecule has 0 radical (unpaired) electrons.